The number of benzene rings is 1. The molecule has 0 aliphatic heterocycles. The molecule has 1 aromatic heterocycles. The molecule has 2 N–H and O–H groups in total. The van der Waals surface area contributed by atoms with Gasteiger partial charge in [0, 0.05) is 13.2 Å². The quantitative estimate of drug-likeness (QED) is 0.835. The van der Waals surface area contributed by atoms with Crippen molar-refractivity contribution in [3.8, 4) is 0 Å². The van der Waals surface area contributed by atoms with Gasteiger partial charge in [0.05, 0.1) is 16.6 Å². The minimum absolute atomic E-state index is 0.187. The maximum absolute atomic E-state index is 5.62. The number of hydrogen-bond acceptors (Lipinski definition) is 3. The molecule has 0 saturated carbocycles. The van der Waals surface area contributed by atoms with Crippen LogP contribution in [0.5, 0.6) is 0 Å². The van der Waals surface area contributed by atoms with Gasteiger partial charge in [0.25, 0.3) is 0 Å². The Hall–Kier alpha value is -1.55. The molecule has 0 aliphatic carbocycles. The van der Waals surface area contributed by atoms with Crippen LogP contribution in [-0.4, -0.2) is 28.7 Å². The van der Waals surface area contributed by atoms with Gasteiger partial charge in [-0.2, -0.15) is 0 Å². The third-order valence-electron chi connectivity index (χ3n) is 2.61. The molecule has 0 bridgehead atoms. The predicted octanol–water partition coefficient (Wildman–Crippen LogP) is 2.79. The van der Waals surface area contributed by atoms with Gasteiger partial charge in [-0.15, -0.1) is 0 Å². The molecule has 2 aromatic rings. The Labute approximate surface area is 101 Å². The Morgan fingerprint density at radius 2 is 2.12 bits per heavy atom. The third kappa shape index (κ3) is 2.97. The van der Waals surface area contributed by atoms with Crippen molar-refractivity contribution in [2.24, 2.45) is 0 Å². The van der Waals surface area contributed by atoms with Gasteiger partial charge in [-0.05, 0) is 32.9 Å². The molecule has 4 nitrogen and oxygen atoms in total. The van der Waals surface area contributed by atoms with E-state index in [0.29, 0.717) is 0 Å². The van der Waals surface area contributed by atoms with E-state index in [4.69, 9.17) is 4.74 Å². The Bertz CT molecular complexity index is 457. The van der Waals surface area contributed by atoms with Crippen LogP contribution in [0.25, 0.3) is 11.0 Å². The molecule has 0 spiro atoms. The number of nitrogens with zero attached hydrogens (tertiary/aromatic N) is 1. The fourth-order valence-electron chi connectivity index (χ4n) is 1.77. The SMILES string of the molecule is CCOC(C)(C)CNc1nc2ccccc2[nH]1. The monoisotopic (exact) mass is 233 g/mol. The van der Waals surface area contributed by atoms with E-state index in [-0.39, 0.29) is 5.60 Å². The van der Waals surface area contributed by atoms with Gasteiger partial charge in [0.15, 0.2) is 0 Å². The Kier molecular flexibility index (Phi) is 3.33. The van der Waals surface area contributed by atoms with E-state index in [1.54, 1.807) is 0 Å². The number of imidazole rings is 1. The van der Waals surface area contributed by atoms with Crippen molar-refractivity contribution in [1.82, 2.24) is 9.97 Å². The van der Waals surface area contributed by atoms with Crippen molar-refractivity contribution in [3.05, 3.63) is 24.3 Å². The highest BCUT2D eigenvalue weighted by atomic mass is 16.5. The third-order valence-corrected chi connectivity index (χ3v) is 2.61. The Morgan fingerprint density at radius 1 is 1.35 bits per heavy atom. The zero-order valence-electron chi connectivity index (χ0n) is 10.6. The molecule has 92 valence electrons. The van der Waals surface area contributed by atoms with Crippen molar-refractivity contribution in [2.75, 3.05) is 18.5 Å². The molecule has 1 aromatic carbocycles. The van der Waals surface area contributed by atoms with E-state index in [0.717, 1.165) is 30.1 Å². The summed E-state index contributed by atoms with van der Waals surface area (Å²) in [5, 5.41) is 3.27. The lowest BCUT2D eigenvalue weighted by Crippen LogP contribution is -2.33. The molecule has 0 fully saturated rings. The normalized spacial score (nSPS) is 11.9. The van der Waals surface area contributed by atoms with Crippen LogP contribution in [0.3, 0.4) is 0 Å². The van der Waals surface area contributed by atoms with Gasteiger partial charge in [-0.3, -0.25) is 0 Å². The average molecular weight is 233 g/mol. The highest BCUT2D eigenvalue weighted by molar-refractivity contribution is 5.77. The number of fused-ring (bicyclic) bond motifs is 1. The molecule has 0 saturated heterocycles. The summed E-state index contributed by atoms with van der Waals surface area (Å²) in [5.74, 6) is 0.791. The highest BCUT2D eigenvalue weighted by Gasteiger charge is 2.17. The fourth-order valence-corrected chi connectivity index (χ4v) is 1.77. The number of aromatic nitrogens is 2. The van der Waals surface area contributed by atoms with Crippen molar-refractivity contribution in [1.29, 1.82) is 0 Å². The van der Waals surface area contributed by atoms with E-state index >= 15 is 0 Å². The second-order valence-corrected chi connectivity index (χ2v) is 4.65. The van der Waals surface area contributed by atoms with E-state index in [1.165, 1.54) is 0 Å². The second kappa shape index (κ2) is 4.75. The average Bonchev–Trinajstić information content (AvgIpc) is 2.69. The van der Waals surface area contributed by atoms with E-state index in [9.17, 15) is 0 Å². The molecule has 0 aliphatic rings. The number of nitrogens with one attached hydrogen (secondary N) is 2. The molecule has 0 radical (unpaired) electrons. The minimum Gasteiger partial charge on any atom is -0.374 e. The van der Waals surface area contributed by atoms with Crippen LogP contribution in [0.2, 0.25) is 0 Å². The molecule has 0 atom stereocenters. The van der Waals surface area contributed by atoms with E-state index in [2.05, 4.69) is 29.1 Å². The lowest BCUT2D eigenvalue weighted by molar-refractivity contribution is 0.000596. The Morgan fingerprint density at radius 3 is 2.82 bits per heavy atom. The summed E-state index contributed by atoms with van der Waals surface area (Å²) in [6.07, 6.45) is 0. The summed E-state index contributed by atoms with van der Waals surface area (Å²) in [6, 6.07) is 7.98. The summed E-state index contributed by atoms with van der Waals surface area (Å²) in [7, 11) is 0. The summed E-state index contributed by atoms with van der Waals surface area (Å²) < 4.78 is 5.62. The van der Waals surface area contributed by atoms with Crippen LogP contribution in [0.4, 0.5) is 5.95 Å². The van der Waals surface area contributed by atoms with Crippen LogP contribution in [0, 0.1) is 0 Å². The van der Waals surface area contributed by atoms with Crippen molar-refractivity contribution < 1.29 is 4.74 Å². The molecule has 4 heteroatoms. The second-order valence-electron chi connectivity index (χ2n) is 4.65. The Balaban J connectivity index is 2.04. The van der Waals surface area contributed by atoms with Crippen molar-refractivity contribution in [2.45, 2.75) is 26.4 Å². The first kappa shape index (κ1) is 11.9. The van der Waals surface area contributed by atoms with E-state index < -0.39 is 0 Å². The van der Waals surface area contributed by atoms with Crippen LogP contribution in [0.15, 0.2) is 24.3 Å². The van der Waals surface area contributed by atoms with Crippen LogP contribution in [-0.2, 0) is 4.74 Å². The smallest absolute Gasteiger partial charge is 0.201 e. The van der Waals surface area contributed by atoms with Gasteiger partial charge in [-0.25, -0.2) is 4.98 Å². The van der Waals surface area contributed by atoms with Gasteiger partial charge in [0.1, 0.15) is 0 Å². The summed E-state index contributed by atoms with van der Waals surface area (Å²) in [6.45, 7) is 7.57. The molecular formula is C13H19N3O. The van der Waals surface area contributed by atoms with Gasteiger partial charge >= 0.3 is 0 Å². The lowest BCUT2D eigenvalue weighted by Gasteiger charge is -2.24. The number of H-pyrrole nitrogens is 1. The summed E-state index contributed by atoms with van der Waals surface area (Å²) >= 11 is 0. The first-order valence-electron chi connectivity index (χ1n) is 5.93. The van der Waals surface area contributed by atoms with Gasteiger partial charge in [-0.1, -0.05) is 12.1 Å². The predicted molar refractivity (Wildman–Crippen MR) is 70.3 cm³/mol. The van der Waals surface area contributed by atoms with Gasteiger partial charge < -0.3 is 15.0 Å². The number of aromatic amines is 1. The number of rotatable bonds is 5. The first-order valence-corrected chi connectivity index (χ1v) is 5.93. The standard InChI is InChI=1S/C13H19N3O/c1-4-17-13(2,3)9-14-12-15-10-7-5-6-8-11(10)16-12/h5-8H,4,9H2,1-3H3,(H2,14,15,16). The summed E-state index contributed by atoms with van der Waals surface area (Å²) in [5.41, 5.74) is 1.83. The number of ether oxygens (including phenoxy) is 1. The van der Waals surface area contributed by atoms with Crippen LogP contribution < -0.4 is 5.32 Å². The molecule has 1 heterocycles. The van der Waals surface area contributed by atoms with Crippen molar-refractivity contribution >= 4 is 17.0 Å². The first-order chi connectivity index (χ1) is 8.11. The maximum atomic E-state index is 5.62. The van der Waals surface area contributed by atoms with E-state index in [1.807, 2.05) is 31.2 Å². The zero-order valence-corrected chi connectivity index (χ0v) is 10.6. The van der Waals surface area contributed by atoms with Gasteiger partial charge in [0.2, 0.25) is 5.95 Å². The summed E-state index contributed by atoms with van der Waals surface area (Å²) in [4.78, 5) is 7.69. The molecule has 17 heavy (non-hydrogen) atoms. The minimum atomic E-state index is -0.187. The number of anilines is 1. The largest absolute Gasteiger partial charge is 0.374 e. The highest BCUT2D eigenvalue weighted by Crippen LogP contribution is 2.15. The maximum Gasteiger partial charge on any atom is 0.201 e. The van der Waals surface area contributed by atoms with Crippen molar-refractivity contribution in [3.63, 3.8) is 0 Å². The molecule has 2 rings (SSSR count). The number of hydrogen-bond donors (Lipinski definition) is 2. The van der Waals surface area contributed by atoms with Crippen LogP contribution >= 0.6 is 0 Å². The lowest BCUT2D eigenvalue weighted by atomic mass is 10.1. The molecule has 0 unspecified atom stereocenters. The number of para-hydroxylation sites is 2. The molecular weight excluding hydrogens is 214 g/mol. The topological polar surface area (TPSA) is 49.9 Å². The zero-order chi connectivity index (χ0) is 12.3. The fraction of sp³-hybridized carbons (Fsp3) is 0.462. The molecule has 0 amide bonds. The van der Waals surface area contributed by atoms with Crippen LogP contribution in [0.1, 0.15) is 20.8 Å².